The summed E-state index contributed by atoms with van der Waals surface area (Å²) in [4.78, 5) is 25.2. The van der Waals surface area contributed by atoms with Crippen molar-refractivity contribution in [2.75, 3.05) is 26.4 Å². The third-order valence-electron chi connectivity index (χ3n) is 10.1. The minimum Gasteiger partial charge on any atom is -0.444 e. The summed E-state index contributed by atoms with van der Waals surface area (Å²) < 4.78 is 17.8. The molecule has 50 heavy (non-hydrogen) atoms. The average Bonchev–Trinajstić information content (AvgIpc) is 3.08. The molecule has 1 saturated carbocycles. The molecule has 0 radical (unpaired) electrons. The van der Waals surface area contributed by atoms with Crippen molar-refractivity contribution < 1.29 is 23.8 Å². The van der Waals surface area contributed by atoms with Crippen molar-refractivity contribution in [2.45, 2.75) is 232 Å². The van der Waals surface area contributed by atoms with E-state index in [2.05, 4.69) is 24.5 Å². The van der Waals surface area contributed by atoms with Gasteiger partial charge in [0.15, 0.2) is 0 Å². The first-order valence-electron chi connectivity index (χ1n) is 21.7. The summed E-state index contributed by atoms with van der Waals surface area (Å²) in [6.07, 6.45) is 34.6. The summed E-state index contributed by atoms with van der Waals surface area (Å²) >= 11 is 0. The number of hydrogen-bond acceptors (Lipinski definition) is 5. The van der Waals surface area contributed by atoms with E-state index >= 15 is 0 Å². The molecule has 1 rings (SSSR count). The molecule has 7 nitrogen and oxygen atoms in total. The molecule has 0 bridgehead atoms. The molecular formula is C43H84N2O5. The minimum atomic E-state index is -0.511. The van der Waals surface area contributed by atoms with Crippen LogP contribution in [0.1, 0.15) is 214 Å². The summed E-state index contributed by atoms with van der Waals surface area (Å²) in [5, 5.41) is 6.15. The fourth-order valence-electron chi connectivity index (χ4n) is 6.95. The molecule has 2 N–H and O–H groups in total. The van der Waals surface area contributed by atoms with E-state index in [0.717, 1.165) is 51.7 Å². The summed E-state index contributed by atoms with van der Waals surface area (Å²) in [5.74, 6) is 0.0753. The van der Waals surface area contributed by atoms with Crippen LogP contribution in [-0.4, -0.2) is 56.1 Å². The van der Waals surface area contributed by atoms with Gasteiger partial charge in [0.2, 0.25) is 5.91 Å². The molecule has 7 heteroatoms. The van der Waals surface area contributed by atoms with E-state index < -0.39 is 5.60 Å². The normalized spacial score (nSPS) is 17.1. The van der Waals surface area contributed by atoms with Gasteiger partial charge in [0.25, 0.3) is 0 Å². The Balaban J connectivity index is 2.29. The quantitative estimate of drug-likeness (QED) is 0.0663. The monoisotopic (exact) mass is 709 g/mol. The van der Waals surface area contributed by atoms with E-state index in [-0.39, 0.29) is 30.1 Å². The van der Waals surface area contributed by atoms with Gasteiger partial charge in [-0.25, -0.2) is 4.79 Å². The van der Waals surface area contributed by atoms with Crippen LogP contribution in [0.2, 0.25) is 0 Å². The lowest BCUT2D eigenvalue weighted by atomic mass is 9.85. The molecule has 1 aliphatic rings. The Morgan fingerprint density at radius 3 is 1.46 bits per heavy atom. The number of carbonyl (C=O) groups is 2. The Bertz CT molecular complexity index is 778. The second kappa shape index (κ2) is 32.3. The first kappa shape index (κ1) is 46.7. The predicted molar refractivity (Wildman–Crippen MR) is 211 cm³/mol. The van der Waals surface area contributed by atoms with Crippen LogP contribution in [0.25, 0.3) is 0 Å². The Morgan fingerprint density at radius 1 is 0.600 bits per heavy atom. The molecule has 0 aromatic heterocycles. The van der Waals surface area contributed by atoms with Gasteiger partial charge < -0.3 is 24.8 Å². The van der Waals surface area contributed by atoms with Gasteiger partial charge in [0.1, 0.15) is 5.60 Å². The molecule has 0 heterocycles. The molecule has 1 atom stereocenters. The molecule has 0 aromatic carbocycles. The number of rotatable bonds is 33. The molecule has 0 aromatic rings. The zero-order valence-electron chi connectivity index (χ0n) is 33.9. The van der Waals surface area contributed by atoms with Crippen LogP contribution in [0, 0.1) is 5.92 Å². The zero-order chi connectivity index (χ0) is 36.5. The van der Waals surface area contributed by atoms with Crippen molar-refractivity contribution in [3.8, 4) is 0 Å². The summed E-state index contributed by atoms with van der Waals surface area (Å²) in [5.41, 5.74) is -0.511. The van der Waals surface area contributed by atoms with Crippen molar-refractivity contribution in [3.05, 3.63) is 0 Å². The van der Waals surface area contributed by atoms with E-state index in [1.165, 1.54) is 141 Å². The third-order valence-corrected chi connectivity index (χ3v) is 10.1. The molecule has 0 saturated heterocycles. The SMILES string of the molecule is CCCCCCCCCCCCCCOCC(CNC(=O)[C@H]1CC[C@@H](NC(=O)OC(C)(C)C)CC1)OCCCCCCCCCCCCCC. The van der Waals surface area contributed by atoms with Gasteiger partial charge in [0, 0.05) is 31.7 Å². The number of alkyl carbamates (subject to hydrolysis) is 1. The minimum absolute atomic E-state index is 0.0225. The third kappa shape index (κ3) is 29.3. The van der Waals surface area contributed by atoms with E-state index in [1.807, 2.05) is 20.8 Å². The van der Waals surface area contributed by atoms with Gasteiger partial charge in [0.05, 0.1) is 12.7 Å². The topological polar surface area (TPSA) is 85.9 Å². The van der Waals surface area contributed by atoms with Crippen molar-refractivity contribution in [2.24, 2.45) is 5.92 Å². The van der Waals surface area contributed by atoms with Crippen LogP contribution in [0.5, 0.6) is 0 Å². The van der Waals surface area contributed by atoms with Gasteiger partial charge in [-0.3, -0.25) is 4.79 Å². The zero-order valence-corrected chi connectivity index (χ0v) is 33.9. The maximum absolute atomic E-state index is 13.1. The van der Waals surface area contributed by atoms with Crippen LogP contribution < -0.4 is 10.6 Å². The molecule has 296 valence electrons. The average molecular weight is 709 g/mol. The number of carbonyl (C=O) groups excluding carboxylic acids is 2. The number of unbranched alkanes of at least 4 members (excludes halogenated alkanes) is 22. The number of hydrogen-bond donors (Lipinski definition) is 2. The van der Waals surface area contributed by atoms with Crippen LogP contribution in [0.15, 0.2) is 0 Å². The predicted octanol–water partition coefficient (Wildman–Crippen LogP) is 12.0. The van der Waals surface area contributed by atoms with E-state index in [4.69, 9.17) is 14.2 Å². The van der Waals surface area contributed by atoms with Crippen molar-refractivity contribution in [1.29, 1.82) is 0 Å². The standard InChI is InChI=1S/C43H84N2O5/c1-6-8-10-12-14-16-18-20-22-24-26-28-34-48-37-40(49-35-29-27-25-23-21-19-17-15-13-11-9-7-2)36-44-41(46)38-30-32-39(33-31-38)45-42(47)50-43(3,4)5/h38-40H,6-37H2,1-5H3,(H,44,46)(H,45,47)/t38-,39+,40?. The lowest BCUT2D eigenvalue weighted by Crippen LogP contribution is -2.44. The van der Waals surface area contributed by atoms with Gasteiger partial charge in [-0.2, -0.15) is 0 Å². The van der Waals surface area contributed by atoms with Crippen molar-refractivity contribution in [3.63, 3.8) is 0 Å². The summed E-state index contributed by atoms with van der Waals surface area (Å²) in [7, 11) is 0. The number of amides is 2. The van der Waals surface area contributed by atoms with Crippen LogP contribution in [0.4, 0.5) is 4.79 Å². The number of nitrogens with one attached hydrogen (secondary N) is 2. The Hall–Kier alpha value is -1.34. The smallest absolute Gasteiger partial charge is 0.407 e. The molecule has 1 fully saturated rings. The summed E-state index contributed by atoms with van der Waals surface area (Å²) in [6.45, 7) is 12.7. The van der Waals surface area contributed by atoms with Gasteiger partial charge in [-0.1, -0.05) is 155 Å². The van der Waals surface area contributed by atoms with Crippen molar-refractivity contribution in [1.82, 2.24) is 10.6 Å². The Morgan fingerprint density at radius 2 is 1.02 bits per heavy atom. The molecule has 1 aliphatic carbocycles. The first-order valence-corrected chi connectivity index (χ1v) is 21.7. The highest BCUT2D eigenvalue weighted by molar-refractivity contribution is 5.78. The second-order valence-electron chi connectivity index (χ2n) is 16.3. The van der Waals surface area contributed by atoms with E-state index in [1.54, 1.807) is 0 Å². The van der Waals surface area contributed by atoms with Gasteiger partial charge in [-0.15, -0.1) is 0 Å². The molecule has 0 spiro atoms. The van der Waals surface area contributed by atoms with E-state index in [9.17, 15) is 9.59 Å². The Kier molecular flexibility index (Phi) is 30.2. The Labute approximate surface area is 310 Å². The molecule has 2 amide bonds. The first-order chi connectivity index (χ1) is 24.2. The van der Waals surface area contributed by atoms with Crippen LogP contribution in [0.3, 0.4) is 0 Å². The highest BCUT2D eigenvalue weighted by atomic mass is 16.6. The molecule has 0 aliphatic heterocycles. The van der Waals surface area contributed by atoms with Crippen LogP contribution >= 0.6 is 0 Å². The second-order valence-corrected chi connectivity index (χ2v) is 16.3. The highest BCUT2D eigenvalue weighted by Crippen LogP contribution is 2.25. The van der Waals surface area contributed by atoms with Gasteiger partial charge >= 0.3 is 6.09 Å². The van der Waals surface area contributed by atoms with Crippen molar-refractivity contribution >= 4 is 12.0 Å². The molecule has 1 unspecified atom stereocenters. The van der Waals surface area contributed by atoms with Gasteiger partial charge in [-0.05, 0) is 59.3 Å². The highest BCUT2D eigenvalue weighted by Gasteiger charge is 2.28. The summed E-state index contributed by atoms with van der Waals surface area (Å²) in [6, 6.07) is 0.0641. The largest absolute Gasteiger partial charge is 0.444 e. The maximum atomic E-state index is 13.1. The van der Waals surface area contributed by atoms with E-state index in [0.29, 0.717) is 13.2 Å². The lowest BCUT2D eigenvalue weighted by molar-refractivity contribution is -0.127. The fraction of sp³-hybridized carbons (Fsp3) is 0.953. The number of ether oxygens (including phenoxy) is 3. The lowest BCUT2D eigenvalue weighted by Gasteiger charge is -2.30. The maximum Gasteiger partial charge on any atom is 0.407 e. The van der Waals surface area contributed by atoms with Crippen LogP contribution in [-0.2, 0) is 19.0 Å². The molecular weight excluding hydrogens is 624 g/mol. The fourth-order valence-corrected chi connectivity index (χ4v) is 6.95.